The van der Waals surface area contributed by atoms with E-state index in [0.717, 1.165) is 11.1 Å². The standard InChI is InChI=1S/C16H14N2O3/c17-16(19)15(12-4-2-1-3-5-12)18-9-11-6-7-13-14(8-11)21-10-20-13/h1-9,15H,10H2,(H2,17,19)/t15-/m1/s1. The highest BCUT2D eigenvalue weighted by Crippen LogP contribution is 2.32. The third-order valence-electron chi connectivity index (χ3n) is 3.15. The highest BCUT2D eigenvalue weighted by Gasteiger charge is 2.16. The summed E-state index contributed by atoms with van der Waals surface area (Å²) in [6, 6.07) is 14.0. The van der Waals surface area contributed by atoms with Crippen LogP contribution in [0.2, 0.25) is 0 Å². The van der Waals surface area contributed by atoms with Crippen molar-refractivity contribution in [3.63, 3.8) is 0 Å². The summed E-state index contributed by atoms with van der Waals surface area (Å²) >= 11 is 0. The zero-order valence-electron chi connectivity index (χ0n) is 11.2. The molecule has 0 saturated heterocycles. The highest BCUT2D eigenvalue weighted by atomic mass is 16.7. The molecule has 2 aromatic rings. The zero-order valence-corrected chi connectivity index (χ0v) is 11.2. The first-order valence-corrected chi connectivity index (χ1v) is 6.51. The minimum Gasteiger partial charge on any atom is -0.454 e. The van der Waals surface area contributed by atoms with Crippen LogP contribution >= 0.6 is 0 Å². The first-order chi connectivity index (χ1) is 10.2. The fraction of sp³-hybridized carbons (Fsp3) is 0.125. The van der Waals surface area contributed by atoms with Crippen LogP contribution in [0, 0.1) is 0 Å². The second-order valence-corrected chi connectivity index (χ2v) is 4.61. The van der Waals surface area contributed by atoms with E-state index in [2.05, 4.69) is 4.99 Å². The van der Waals surface area contributed by atoms with E-state index in [1.807, 2.05) is 48.5 Å². The smallest absolute Gasteiger partial charge is 0.246 e. The molecule has 0 aliphatic carbocycles. The molecule has 1 aliphatic rings. The van der Waals surface area contributed by atoms with Gasteiger partial charge >= 0.3 is 0 Å². The average Bonchev–Trinajstić information content (AvgIpc) is 2.96. The largest absolute Gasteiger partial charge is 0.454 e. The third-order valence-corrected chi connectivity index (χ3v) is 3.15. The Bertz CT molecular complexity index is 683. The molecule has 2 aromatic carbocycles. The van der Waals surface area contributed by atoms with Crippen molar-refractivity contribution in [3.8, 4) is 11.5 Å². The summed E-state index contributed by atoms with van der Waals surface area (Å²) in [5, 5.41) is 0. The van der Waals surface area contributed by atoms with E-state index in [4.69, 9.17) is 15.2 Å². The van der Waals surface area contributed by atoms with E-state index in [-0.39, 0.29) is 6.79 Å². The number of carbonyl (C=O) groups excluding carboxylic acids is 1. The number of carbonyl (C=O) groups is 1. The Balaban J connectivity index is 1.84. The van der Waals surface area contributed by atoms with Gasteiger partial charge in [-0.15, -0.1) is 0 Å². The Kier molecular flexibility index (Phi) is 3.55. The van der Waals surface area contributed by atoms with Gasteiger partial charge in [0.05, 0.1) is 0 Å². The molecule has 1 heterocycles. The number of nitrogens with zero attached hydrogens (tertiary/aromatic N) is 1. The first kappa shape index (κ1) is 13.2. The highest BCUT2D eigenvalue weighted by molar-refractivity contribution is 5.87. The van der Waals surface area contributed by atoms with Gasteiger partial charge in [-0.1, -0.05) is 30.3 Å². The SMILES string of the molecule is NC(=O)[C@H](N=Cc1ccc2c(c1)OCO2)c1ccccc1. The molecule has 5 nitrogen and oxygen atoms in total. The predicted molar refractivity (Wildman–Crippen MR) is 78.5 cm³/mol. The molecule has 2 N–H and O–H groups in total. The number of primary amides is 1. The summed E-state index contributed by atoms with van der Waals surface area (Å²) < 4.78 is 10.5. The molecule has 0 saturated carbocycles. The van der Waals surface area contributed by atoms with E-state index < -0.39 is 11.9 Å². The average molecular weight is 282 g/mol. The number of benzene rings is 2. The summed E-state index contributed by atoms with van der Waals surface area (Å²) in [4.78, 5) is 15.9. The van der Waals surface area contributed by atoms with Crippen LogP contribution in [-0.4, -0.2) is 18.9 Å². The maximum atomic E-state index is 11.6. The lowest BCUT2D eigenvalue weighted by molar-refractivity contribution is -0.119. The summed E-state index contributed by atoms with van der Waals surface area (Å²) in [5.74, 6) is 0.897. The molecule has 0 fully saturated rings. The molecular formula is C16H14N2O3. The molecule has 3 rings (SSSR count). The molecule has 1 atom stereocenters. The first-order valence-electron chi connectivity index (χ1n) is 6.51. The topological polar surface area (TPSA) is 73.9 Å². The van der Waals surface area contributed by atoms with Crippen molar-refractivity contribution in [2.75, 3.05) is 6.79 Å². The molecule has 1 amide bonds. The fourth-order valence-corrected chi connectivity index (χ4v) is 2.11. The van der Waals surface area contributed by atoms with Gasteiger partial charge in [-0.3, -0.25) is 9.79 Å². The van der Waals surface area contributed by atoms with Crippen molar-refractivity contribution in [1.82, 2.24) is 0 Å². The van der Waals surface area contributed by atoms with Crippen molar-refractivity contribution in [2.45, 2.75) is 6.04 Å². The molecule has 106 valence electrons. The van der Waals surface area contributed by atoms with Gasteiger partial charge in [0.15, 0.2) is 17.5 Å². The van der Waals surface area contributed by atoms with Gasteiger partial charge in [-0.2, -0.15) is 0 Å². The number of fused-ring (bicyclic) bond motifs is 1. The summed E-state index contributed by atoms with van der Waals surface area (Å²) in [6.07, 6.45) is 1.62. The zero-order chi connectivity index (χ0) is 14.7. The molecule has 0 aromatic heterocycles. The minimum atomic E-state index is -0.698. The second kappa shape index (κ2) is 5.66. The number of aliphatic imine (C=N–C) groups is 1. The lowest BCUT2D eigenvalue weighted by Crippen LogP contribution is -2.20. The van der Waals surface area contributed by atoms with Crippen molar-refractivity contribution in [3.05, 3.63) is 59.7 Å². The monoisotopic (exact) mass is 282 g/mol. The van der Waals surface area contributed by atoms with E-state index in [9.17, 15) is 4.79 Å². The van der Waals surface area contributed by atoms with Gasteiger partial charge in [0.25, 0.3) is 0 Å². The van der Waals surface area contributed by atoms with E-state index in [0.29, 0.717) is 11.5 Å². The van der Waals surface area contributed by atoms with Crippen LogP contribution in [0.3, 0.4) is 0 Å². The lowest BCUT2D eigenvalue weighted by atomic mass is 10.1. The van der Waals surface area contributed by atoms with Crippen LogP contribution in [0.5, 0.6) is 11.5 Å². The number of nitrogens with two attached hydrogens (primary N) is 1. The van der Waals surface area contributed by atoms with Gasteiger partial charge < -0.3 is 15.2 Å². The summed E-state index contributed by atoms with van der Waals surface area (Å²) in [5.41, 5.74) is 7.01. The van der Waals surface area contributed by atoms with Crippen LogP contribution in [0.1, 0.15) is 17.2 Å². The van der Waals surface area contributed by atoms with Crippen LogP contribution in [0.15, 0.2) is 53.5 Å². The summed E-state index contributed by atoms with van der Waals surface area (Å²) in [7, 11) is 0. The van der Waals surface area contributed by atoms with Gasteiger partial charge in [-0.05, 0) is 29.3 Å². The predicted octanol–water partition coefficient (Wildman–Crippen LogP) is 2.06. The van der Waals surface area contributed by atoms with Crippen LogP contribution in [0.25, 0.3) is 0 Å². The fourth-order valence-electron chi connectivity index (χ4n) is 2.11. The molecule has 0 bridgehead atoms. The second-order valence-electron chi connectivity index (χ2n) is 4.61. The lowest BCUT2D eigenvalue weighted by Gasteiger charge is -2.08. The van der Waals surface area contributed by atoms with Crippen molar-refractivity contribution in [2.24, 2.45) is 10.7 Å². The van der Waals surface area contributed by atoms with E-state index in [1.54, 1.807) is 6.21 Å². The number of hydrogen-bond acceptors (Lipinski definition) is 4. The van der Waals surface area contributed by atoms with Gasteiger partial charge in [-0.25, -0.2) is 0 Å². The van der Waals surface area contributed by atoms with Crippen molar-refractivity contribution >= 4 is 12.1 Å². The van der Waals surface area contributed by atoms with Gasteiger partial charge in [0, 0.05) is 6.21 Å². The molecule has 0 unspecified atom stereocenters. The Morgan fingerprint density at radius 2 is 1.90 bits per heavy atom. The molecule has 1 aliphatic heterocycles. The van der Waals surface area contributed by atoms with Crippen LogP contribution in [-0.2, 0) is 4.79 Å². The Morgan fingerprint density at radius 3 is 2.67 bits per heavy atom. The van der Waals surface area contributed by atoms with Crippen molar-refractivity contribution < 1.29 is 14.3 Å². The molecule has 5 heteroatoms. The summed E-state index contributed by atoms with van der Waals surface area (Å²) in [6.45, 7) is 0.226. The quantitative estimate of drug-likeness (QED) is 0.872. The maximum absolute atomic E-state index is 11.6. The van der Waals surface area contributed by atoms with E-state index in [1.165, 1.54) is 0 Å². The van der Waals surface area contributed by atoms with Crippen molar-refractivity contribution in [1.29, 1.82) is 0 Å². The van der Waals surface area contributed by atoms with Gasteiger partial charge in [0.2, 0.25) is 12.7 Å². The molecule has 0 spiro atoms. The number of ether oxygens (including phenoxy) is 2. The maximum Gasteiger partial charge on any atom is 0.246 e. The van der Waals surface area contributed by atoms with Gasteiger partial charge in [0.1, 0.15) is 0 Å². The molecule has 21 heavy (non-hydrogen) atoms. The molecular weight excluding hydrogens is 268 g/mol. The Hall–Kier alpha value is -2.82. The Morgan fingerprint density at radius 1 is 1.14 bits per heavy atom. The molecule has 0 radical (unpaired) electrons. The van der Waals surface area contributed by atoms with Crippen LogP contribution in [0.4, 0.5) is 0 Å². The number of rotatable bonds is 4. The van der Waals surface area contributed by atoms with E-state index >= 15 is 0 Å². The number of amides is 1. The van der Waals surface area contributed by atoms with Crippen LogP contribution < -0.4 is 15.2 Å². The number of hydrogen-bond donors (Lipinski definition) is 1. The minimum absolute atomic E-state index is 0.226. The Labute approximate surface area is 122 Å². The normalized spacial score (nSPS) is 14.3. The third kappa shape index (κ3) is 2.86.